The summed E-state index contributed by atoms with van der Waals surface area (Å²) in [5.41, 5.74) is 6.15. The van der Waals surface area contributed by atoms with Gasteiger partial charge in [0.2, 0.25) is 0 Å². The van der Waals surface area contributed by atoms with Gasteiger partial charge in [-0.15, -0.1) is 0 Å². The van der Waals surface area contributed by atoms with Crippen molar-refractivity contribution in [2.45, 2.75) is 19.3 Å². The van der Waals surface area contributed by atoms with Crippen LogP contribution in [0, 0.1) is 0 Å². The van der Waals surface area contributed by atoms with Crippen molar-refractivity contribution < 1.29 is 0 Å². The molecule has 0 radical (unpaired) electrons. The minimum Gasteiger partial charge on any atom is -0.394 e. The van der Waals surface area contributed by atoms with Gasteiger partial charge in [-0.2, -0.15) is 0 Å². The van der Waals surface area contributed by atoms with E-state index in [1.807, 2.05) is 12.1 Å². The first kappa shape index (κ1) is 11.1. The van der Waals surface area contributed by atoms with E-state index in [0.717, 1.165) is 24.3 Å². The van der Waals surface area contributed by atoms with E-state index in [-0.39, 0.29) is 11.2 Å². The molecule has 0 spiro atoms. The monoisotopic (exact) mass is 244 g/mol. The molecule has 94 valence electrons. The van der Waals surface area contributed by atoms with Gasteiger partial charge in [0.25, 0.3) is 5.56 Å². The Morgan fingerprint density at radius 3 is 2.78 bits per heavy atom. The van der Waals surface area contributed by atoms with E-state index in [1.165, 1.54) is 19.3 Å². The highest BCUT2D eigenvalue weighted by Crippen LogP contribution is 2.20. The molecule has 18 heavy (non-hydrogen) atoms. The van der Waals surface area contributed by atoms with Crippen LogP contribution in [0.2, 0.25) is 0 Å². The lowest BCUT2D eigenvalue weighted by Crippen LogP contribution is -2.30. The van der Waals surface area contributed by atoms with Gasteiger partial charge >= 0.3 is 0 Å². The van der Waals surface area contributed by atoms with Crippen molar-refractivity contribution in [3.63, 3.8) is 0 Å². The summed E-state index contributed by atoms with van der Waals surface area (Å²) in [6.07, 6.45) is 3.70. The largest absolute Gasteiger partial charge is 0.394 e. The highest BCUT2D eigenvalue weighted by Gasteiger charge is 2.12. The van der Waals surface area contributed by atoms with Crippen LogP contribution in [-0.2, 0) is 0 Å². The van der Waals surface area contributed by atoms with Crippen LogP contribution in [0.1, 0.15) is 19.3 Å². The summed E-state index contributed by atoms with van der Waals surface area (Å²) in [5.74, 6) is 0.933. The van der Waals surface area contributed by atoms with Crippen LogP contribution in [0.4, 0.5) is 11.5 Å². The van der Waals surface area contributed by atoms with Gasteiger partial charge in [-0.25, -0.2) is 4.98 Å². The van der Waals surface area contributed by atoms with Crippen molar-refractivity contribution >= 4 is 22.5 Å². The Kier molecular flexibility index (Phi) is 2.66. The lowest BCUT2D eigenvalue weighted by Gasteiger charge is -2.27. The summed E-state index contributed by atoms with van der Waals surface area (Å²) in [7, 11) is 0. The van der Waals surface area contributed by atoms with Gasteiger partial charge in [-0.05, 0) is 37.5 Å². The molecule has 5 nitrogen and oxygen atoms in total. The van der Waals surface area contributed by atoms with E-state index in [4.69, 9.17) is 5.73 Å². The van der Waals surface area contributed by atoms with E-state index in [9.17, 15) is 4.79 Å². The smallest absolute Gasteiger partial charge is 0.272 e. The van der Waals surface area contributed by atoms with Crippen LogP contribution in [0.15, 0.2) is 23.0 Å². The molecule has 0 aliphatic carbocycles. The molecule has 3 N–H and O–H groups in total. The Bertz CT molecular complexity index is 628. The number of nitrogens with two attached hydrogens (primary N) is 1. The number of nitrogens with one attached hydrogen (secondary N) is 1. The van der Waals surface area contributed by atoms with E-state index in [1.54, 1.807) is 6.07 Å². The van der Waals surface area contributed by atoms with E-state index in [0.29, 0.717) is 5.65 Å². The highest BCUT2D eigenvalue weighted by atomic mass is 16.1. The van der Waals surface area contributed by atoms with Crippen molar-refractivity contribution in [3.8, 4) is 0 Å². The van der Waals surface area contributed by atoms with Gasteiger partial charge in [-0.1, -0.05) is 0 Å². The van der Waals surface area contributed by atoms with Crippen LogP contribution >= 0.6 is 0 Å². The number of hydrogen-bond donors (Lipinski definition) is 2. The molecule has 0 bridgehead atoms. The van der Waals surface area contributed by atoms with Crippen molar-refractivity contribution in [2.75, 3.05) is 23.7 Å². The van der Waals surface area contributed by atoms with Crippen LogP contribution < -0.4 is 16.2 Å². The van der Waals surface area contributed by atoms with Gasteiger partial charge in [0, 0.05) is 18.5 Å². The Hall–Kier alpha value is -2.04. The molecule has 2 aromatic rings. The summed E-state index contributed by atoms with van der Waals surface area (Å²) >= 11 is 0. The Balaban J connectivity index is 2.04. The minimum atomic E-state index is -0.272. The number of piperidine rings is 1. The lowest BCUT2D eigenvalue weighted by molar-refractivity contribution is 0.574. The fourth-order valence-corrected chi connectivity index (χ4v) is 2.39. The van der Waals surface area contributed by atoms with Crippen LogP contribution in [-0.4, -0.2) is 23.1 Å². The second kappa shape index (κ2) is 4.33. The molecule has 1 aliphatic rings. The normalized spacial score (nSPS) is 16.1. The molecular formula is C13H16N4O. The van der Waals surface area contributed by atoms with Gasteiger partial charge in [0.05, 0.1) is 5.69 Å². The maximum atomic E-state index is 11.5. The third kappa shape index (κ3) is 1.92. The average Bonchev–Trinajstić information content (AvgIpc) is 2.41. The molecule has 3 heterocycles. The van der Waals surface area contributed by atoms with E-state index < -0.39 is 0 Å². The number of fused-ring (bicyclic) bond motifs is 1. The Morgan fingerprint density at radius 2 is 2.00 bits per heavy atom. The standard InChI is InChI=1S/C13H16N4O/c14-10-8-9-4-5-11(15-12(9)16-13(10)18)17-6-2-1-3-7-17/h4-5,8H,1-3,6-7,14H2,(H,15,16,18). The van der Waals surface area contributed by atoms with E-state index >= 15 is 0 Å². The summed E-state index contributed by atoms with van der Waals surface area (Å²) < 4.78 is 0. The number of nitrogen functional groups attached to an aromatic ring is 1. The third-order valence-corrected chi connectivity index (χ3v) is 3.40. The number of hydrogen-bond acceptors (Lipinski definition) is 4. The summed E-state index contributed by atoms with van der Waals surface area (Å²) in [6.45, 7) is 2.08. The third-order valence-electron chi connectivity index (χ3n) is 3.40. The Morgan fingerprint density at radius 1 is 1.22 bits per heavy atom. The molecule has 0 atom stereocenters. The average molecular weight is 244 g/mol. The number of anilines is 2. The summed E-state index contributed by atoms with van der Waals surface area (Å²) in [5, 5.41) is 0.868. The highest BCUT2D eigenvalue weighted by molar-refractivity contribution is 5.79. The minimum absolute atomic E-state index is 0.232. The molecule has 2 aromatic heterocycles. The number of aromatic nitrogens is 2. The molecule has 3 rings (SSSR count). The summed E-state index contributed by atoms with van der Waals surface area (Å²) in [6, 6.07) is 5.62. The van der Waals surface area contributed by atoms with Gasteiger partial charge in [0.1, 0.15) is 11.5 Å². The van der Waals surface area contributed by atoms with Crippen molar-refractivity contribution in [1.82, 2.24) is 9.97 Å². The van der Waals surface area contributed by atoms with Gasteiger partial charge in [-0.3, -0.25) is 4.79 Å². The quantitative estimate of drug-likeness (QED) is 0.797. The van der Waals surface area contributed by atoms with Gasteiger partial charge in [0.15, 0.2) is 0 Å². The first-order valence-corrected chi connectivity index (χ1v) is 6.28. The maximum absolute atomic E-state index is 11.5. The summed E-state index contributed by atoms with van der Waals surface area (Å²) in [4.78, 5) is 21.0. The van der Waals surface area contributed by atoms with Crippen molar-refractivity contribution in [3.05, 3.63) is 28.6 Å². The first-order valence-electron chi connectivity index (χ1n) is 6.28. The lowest BCUT2D eigenvalue weighted by atomic mass is 10.1. The second-order valence-electron chi connectivity index (χ2n) is 4.71. The SMILES string of the molecule is Nc1cc2ccc(N3CCCCC3)nc2[nH]c1=O. The number of rotatable bonds is 1. The second-order valence-corrected chi connectivity index (χ2v) is 4.71. The first-order chi connectivity index (χ1) is 8.74. The topological polar surface area (TPSA) is 75.0 Å². The maximum Gasteiger partial charge on any atom is 0.272 e. The van der Waals surface area contributed by atoms with Crippen LogP contribution in [0.3, 0.4) is 0 Å². The number of nitrogens with zero attached hydrogens (tertiary/aromatic N) is 2. The zero-order valence-corrected chi connectivity index (χ0v) is 10.1. The molecule has 0 amide bonds. The van der Waals surface area contributed by atoms with Crippen molar-refractivity contribution in [1.29, 1.82) is 0 Å². The number of pyridine rings is 2. The molecule has 5 heteroatoms. The number of H-pyrrole nitrogens is 1. The predicted octanol–water partition coefficient (Wildman–Crippen LogP) is 1.50. The zero-order valence-electron chi connectivity index (χ0n) is 10.1. The molecular weight excluding hydrogens is 228 g/mol. The molecule has 1 saturated heterocycles. The van der Waals surface area contributed by atoms with Crippen LogP contribution in [0.25, 0.3) is 11.0 Å². The fourth-order valence-electron chi connectivity index (χ4n) is 2.39. The number of aromatic amines is 1. The molecule has 0 unspecified atom stereocenters. The van der Waals surface area contributed by atoms with Crippen LogP contribution in [0.5, 0.6) is 0 Å². The zero-order chi connectivity index (χ0) is 12.5. The molecule has 0 aromatic carbocycles. The Labute approximate surface area is 105 Å². The molecule has 1 fully saturated rings. The van der Waals surface area contributed by atoms with Gasteiger partial charge < -0.3 is 15.6 Å². The molecule has 1 aliphatic heterocycles. The predicted molar refractivity (Wildman–Crippen MR) is 72.8 cm³/mol. The molecule has 0 saturated carbocycles. The fraction of sp³-hybridized carbons (Fsp3) is 0.385. The van der Waals surface area contributed by atoms with Crippen molar-refractivity contribution in [2.24, 2.45) is 0 Å². The van der Waals surface area contributed by atoms with E-state index in [2.05, 4.69) is 14.9 Å².